The summed E-state index contributed by atoms with van der Waals surface area (Å²) in [4.78, 5) is 0. The molecule has 0 saturated carbocycles. The third kappa shape index (κ3) is 2.55. The number of hydrogen-bond donors (Lipinski definition) is 1. The summed E-state index contributed by atoms with van der Waals surface area (Å²) >= 11 is 3.44. The molecule has 1 saturated heterocycles. The van der Waals surface area contributed by atoms with Gasteiger partial charge in [-0.2, -0.15) is 0 Å². The molecule has 0 amide bonds. The Kier molecular flexibility index (Phi) is 3.01. The molecule has 1 aliphatic heterocycles. The molecule has 0 unspecified atom stereocenters. The smallest absolute Gasteiger partial charge is 0.0175 e. The van der Waals surface area contributed by atoms with Crippen molar-refractivity contribution in [2.24, 2.45) is 0 Å². The summed E-state index contributed by atoms with van der Waals surface area (Å²) in [5.41, 5.74) is 1.43. The van der Waals surface area contributed by atoms with E-state index in [-0.39, 0.29) is 0 Å². The maximum atomic E-state index is 3.51. The maximum absolute atomic E-state index is 3.51. The Morgan fingerprint density at radius 1 is 1.31 bits per heavy atom. The van der Waals surface area contributed by atoms with Crippen LogP contribution in [0.25, 0.3) is 0 Å². The molecule has 1 N–H and O–H groups in total. The molecule has 1 aromatic rings. The van der Waals surface area contributed by atoms with Crippen LogP contribution in [0, 0.1) is 0 Å². The number of halogens is 1. The average molecular weight is 240 g/mol. The fraction of sp³-hybridized carbons (Fsp3) is 0.455. The Hall–Kier alpha value is -0.340. The summed E-state index contributed by atoms with van der Waals surface area (Å²) < 4.78 is 1.16. The van der Waals surface area contributed by atoms with Crippen molar-refractivity contribution in [1.82, 2.24) is 5.32 Å². The van der Waals surface area contributed by atoms with Gasteiger partial charge >= 0.3 is 0 Å². The minimum Gasteiger partial charge on any atom is -0.314 e. The van der Waals surface area contributed by atoms with E-state index < -0.39 is 0 Å². The summed E-state index contributed by atoms with van der Waals surface area (Å²) in [7, 11) is 0. The number of nitrogens with one attached hydrogen (secondary N) is 1. The summed E-state index contributed by atoms with van der Waals surface area (Å²) in [6, 6.07) is 9.34. The molecule has 0 spiro atoms. The van der Waals surface area contributed by atoms with Crippen molar-refractivity contribution in [3.05, 3.63) is 34.3 Å². The lowest BCUT2D eigenvalue weighted by molar-refractivity contribution is 0.603. The van der Waals surface area contributed by atoms with Crippen molar-refractivity contribution in [3.8, 4) is 0 Å². The summed E-state index contributed by atoms with van der Waals surface area (Å²) in [5.74, 6) is 0. The summed E-state index contributed by atoms with van der Waals surface area (Å²) in [6.45, 7) is 1.20. The number of rotatable bonds is 2. The highest BCUT2D eigenvalue weighted by atomic mass is 79.9. The van der Waals surface area contributed by atoms with Crippen LogP contribution in [0.2, 0.25) is 0 Å². The molecule has 13 heavy (non-hydrogen) atoms. The van der Waals surface area contributed by atoms with Gasteiger partial charge in [0.25, 0.3) is 0 Å². The SMILES string of the molecule is Brc1ccc(C[C@@H]2CCCN2)cc1. The third-order valence-electron chi connectivity index (χ3n) is 2.56. The monoisotopic (exact) mass is 239 g/mol. The van der Waals surface area contributed by atoms with Crippen LogP contribution in [0.15, 0.2) is 28.7 Å². The normalized spacial score (nSPS) is 22.1. The van der Waals surface area contributed by atoms with Gasteiger partial charge in [-0.3, -0.25) is 0 Å². The molecule has 1 nitrogen and oxygen atoms in total. The highest BCUT2D eigenvalue weighted by Gasteiger charge is 2.13. The van der Waals surface area contributed by atoms with Crippen LogP contribution in [0.5, 0.6) is 0 Å². The van der Waals surface area contributed by atoms with Crippen molar-refractivity contribution in [2.75, 3.05) is 6.54 Å². The van der Waals surface area contributed by atoms with E-state index >= 15 is 0 Å². The van der Waals surface area contributed by atoms with Gasteiger partial charge in [-0.1, -0.05) is 28.1 Å². The second kappa shape index (κ2) is 4.25. The number of hydrogen-bond acceptors (Lipinski definition) is 1. The van der Waals surface area contributed by atoms with Crippen LogP contribution in [-0.2, 0) is 6.42 Å². The van der Waals surface area contributed by atoms with Gasteiger partial charge in [0.1, 0.15) is 0 Å². The second-order valence-electron chi connectivity index (χ2n) is 3.62. The van der Waals surface area contributed by atoms with Gasteiger partial charge in [-0.05, 0) is 43.5 Å². The summed E-state index contributed by atoms with van der Waals surface area (Å²) in [5, 5.41) is 3.51. The van der Waals surface area contributed by atoms with Gasteiger partial charge in [0.05, 0.1) is 0 Å². The largest absolute Gasteiger partial charge is 0.314 e. The first-order chi connectivity index (χ1) is 6.34. The highest BCUT2D eigenvalue weighted by Crippen LogP contribution is 2.15. The van der Waals surface area contributed by atoms with Crippen LogP contribution in [-0.4, -0.2) is 12.6 Å². The molecule has 0 aliphatic carbocycles. The quantitative estimate of drug-likeness (QED) is 0.838. The predicted molar refractivity (Wildman–Crippen MR) is 58.9 cm³/mol. The van der Waals surface area contributed by atoms with E-state index in [2.05, 4.69) is 45.5 Å². The second-order valence-corrected chi connectivity index (χ2v) is 4.54. The Labute approximate surface area is 87.7 Å². The fourth-order valence-electron chi connectivity index (χ4n) is 1.84. The molecule has 0 bridgehead atoms. The maximum Gasteiger partial charge on any atom is 0.0175 e. The zero-order chi connectivity index (χ0) is 9.10. The van der Waals surface area contributed by atoms with Crippen LogP contribution >= 0.6 is 15.9 Å². The van der Waals surface area contributed by atoms with Gasteiger partial charge in [0.2, 0.25) is 0 Å². The summed E-state index contributed by atoms with van der Waals surface area (Å²) in [6.07, 6.45) is 3.84. The minimum absolute atomic E-state index is 0.709. The van der Waals surface area contributed by atoms with Gasteiger partial charge < -0.3 is 5.32 Å². The third-order valence-corrected chi connectivity index (χ3v) is 3.09. The first-order valence-electron chi connectivity index (χ1n) is 4.82. The van der Waals surface area contributed by atoms with Crippen molar-refractivity contribution in [3.63, 3.8) is 0 Å². The predicted octanol–water partition coefficient (Wildman–Crippen LogP) is 2.74. The van der Waals surface area contributed by atoms with E-state index in [4.69, 9.17) is 0 Å². The molecule has 1 atom stereocenters. The van der Waals surface area contributed by atoms with E-state index in [0.29, 0.717) is 6.04 Å². The first-order valence-corrected chi connectivity index (χ1v) is 5.62. The van der Waals surface area contributed by atoms with Crippen LogP contribution < -0.4 is 5.32 Å². The van der Waals surface area contributed by atoms with E-state index in [1.165, 1.54) is 31.4 Å². The fourth-order valence-corrected chi connectivity index (χ4v) is 2.10. The lowest BCUT2D eigenvalue weighted by Gasteiger charge is -2.09. The number of benzene rings is 1. The molecular formula is C11H14BrN. The zero-order valence-corrected chi connectivity index (χ0v) is 9.18. The van der Waals surface area contributed by atoms with Gasteiger partial charge in [0, 0.05) is 10.5 Å². The molecule has 1 aromatic carbocycles. The Bertz CT molecular complexity index is 262. The highest BCUT2D eigenvalue weighted by molar-refractivity contribution is 9.10. The molecule has 1 fully saturated rings. The van der Waals surface area contributed by atoms with Crippen molar-refractivity contribution in [2.45, 2.75) is 25.3 Å². The molecule has 0 aromatic heterocycles. The van der Waals surface area contributed by atoms with E-state index in [9.17, 15) is 0 Å². The van der Waals surface area contributed by atoms with E-state index in [0.717, 1.165) is 4.47 Å². The van der Waals surface area contributed by atoms with Gasteiger partial charge in [0.15, 0.2) is 0 Å². The lowest BCUT2D eigenvalue weighted by atomic mass is 10.1. The molecule has 1 heterocycles. The lowest BCUT2D eigenvalue weighted by Crippen LogP contribution is -2.23. The topological polar surface area (TPSA) is 12.0 Å². The molecule has 2 heteroatoms. The molecule has 1 aliphatic rings. The average Bonchev–Trinajstić information content (AvgIpc) is 2.62. The molecule has 0 radical (unpaired) electrons. The molecular weight excluding hydrogens is 226 g/mol. The van der Waals surface area contributed by atoms with Crippen molar-refractivity contribution >= 4 is 15.9 Å². The minimum atomic E-state index is 0.709. The Balaban J connectivity index is 1.97. The van der Waals surface area contributed by atoms with Crippen molar-refractivity contribution in [1.29, 1.82) is 0 Å². The Morgan fingerprint density at radius 3 is 2.69 bits per heavy atom. The van der Waals surface area contributed by atoms with Crippen molar-refractivity contribution < 1.29 is 0 Å². The van der Waals surface area contributed by atoms with E-state index in [1.807, 2.05) is 0 Å². The Morgan fingerprint density at radius 2 is 2.08 bits per heavy atom. The van der Waals surface area contributed by atoms with Crippen LogP contribution in [0.4, 0.5) is 0 Å². The zero-order valence-electron chi connectivity index (χ0n) is 7.59. The molecule has 2 rings (SSSR count). The van der Waals surface area contributed by atoms with Crippen LogP contribution in [0.3, 0.4) is 0 Å². The van der Waals surface area contributed by atoms with Gasteiger partial charge in [-0.25, -0.2) is 0 Å². The first kappa shape index (κ1) is 9.22. The van der Waals surface area contributed by atoms with Gasteiger partial charge in [-0.15, -0.1) is 0 Å². The van der Waals surface area contributed by atoms with E-state index in [1.54, 1.807) is 0 Å². The standard InChI is InChI=1S/C11H14BrN/c12-10-5-3-9(4-6-10)8-11-2-1-7-13-11/h3-6,11,13H,1-2,7-8H2/t11-/m0/s1. The van der Waals surface area contributed by atoms with Crippen LogP contribution in [0.1, 0.15) is 18.4 Å². The molecule has 70 valence electrons.